The predicted octanol–water partition coefficient (Wildman–Crippen LogP) is 4.51. The van der Waals surface area contributed by atoms with E-state index >= 15 is 0 Å². The highest BCUT2D eigenvalue weighted by Gasteiger charge is 2.25. The van der Waals surface area contributed by atoms with Crippen molar-refractivity contribution in [2.75, 3.05) is 24.5 Å². The fourth-order valence-electron chi connectivity index (χ4n) is 2.79. The lowest BCUT2D eigenvalue weighted by Crippen LogP contribution is -2.44. The molecule has 1 fully saturated rings. The zero-order valence-corrected chi connectivity index (χ0v) is 19.9. The first-order valence-electron chi connectivity index (χ1n) is 8.29. The number of hydrogen-bond acceptors (Lipinski definition) is 4. The van der Waals surface area contributed by atoms with Gasteiger partial charge in [0.05, 0.1) is 11.6 Å². The molecular formula is C17H22BrClIN5S. The van der Waals surface area contributed by atoms with Gasteiger partial charge in [0.2, 0.25) is 0 Å². The molecule has 2 aromatic rings. The predicted molar refractivity (Wildman–Crippen MR) is 125 cm³/mol. The first kappa shape index (κ1) is 21.7. The van der Waals surface area contributed by atoms with Crippen LogP contribution >= 0.6 is 62.8 Å². The van der Waals surface area contributed by atoms with Gasteiger partial charge >= 0.3 is 0 Å². The van der Waals surface area contributed by atoms with Crippen molar-refractivity contribution < 1.29 is 0 Å². The molecule has 0 radical (unpaired) electrons. The van der Waals surface area contributed by atoms with Crippen LogP contribution in [0.4, 0.5) is 5.82 Å². The van der Waals surface area contributed by atoms with E-state index in [9.17, 15) is 0 Å². The number of thiophene rings is 1. The van der Waals surface area contributed by atoms with Crippen molar-refractivity contribution in [1.82, 2.24) is 15.6 Å². The maximum Gasteiger partial charge on any atom is 0.191 e. The van der Waals surface area contributed by atoms with Crippen LogP contribution < -0.4 is 15.5 Å². The van der Waals surface area contributed by atoms with Crippen LogP contribution in [0.2, 0.25) is 5.02 Å². The summed E-state index contributed by atoms with van der Waals surface area (Å²) in [6.45, 7) is 5.39. The molecule has 0 amide bonds. The first-order chi connectivity index (χ1) is 12.2. The van der Waals surface area contributed by atoms with E-state index in [1.807, 2.05) is 12.1 Å². The fraction of sp³-hybridized carbons (Fsp3) is 0.412. The van der Waals surface area contributed by atoms with Crippen LogP contribution in [0.15, 0.2) is 39.2 Å². The van der Waals surface area contributed by atoms with Crippen LogP contribution in [0.25, 0.3) is 0 Å². The van der Waals surface area contributed by atoms with E-state index in [0.29, 0.717) is 17.6 Å². The molecule has 1 unspecified atom stereocenters. The number of anilines is 1. The van der Waals surface area contributed by atoms with Gasteiger partial charge in [-0.2, -0.15) is 0 Å². The average Bonchev–Trinajstić information content (AvgIpc) is 3.22. The average molecular weight is 571 g/mol. The smallest absolute Gasteiger partial charge is 0.191 e. The summed E-state index contributed by atoms with van der Waals surface area (Å²) in [6.07, 6.45) is 2.81. The number of guanidine groups is 1. The molecule has 1 saturated heterocycles. The summed E-state index contributed by atoms with van der Waals surface area (Å²) in [5, 5.41) is 9.64. The normalized spacial score (nSPS) is 17.1. The highest BCUT2D eigenvalue weighted by molar-refractivity contribution is 14.0. The van der Waals surface area contributed by atoms with Gasteiger partial charge in [-0.15, -0.1) is 35.3 Å². The van der Waals surface area contributed by atoms with Crippen molar-refractivity contribution in [2.45, 2.75) is 25.9 Å². The Bertz CT molecular complexity index is 741. The molecule has 0 bridgehead atoms. The third kappa shape index (κ3) is 5.97. The molecule has 9 heteroatoms. The molecule has 2 aromatic heterocycles. The number of hydrogen-bond donors (Lipinski definition) is 2. The Morgan fingerprint density at radius 1 is 1.54 bits per heavy atom. The van der Waals surface area contributed by atoms with Crippen molar-refractivity contribution in [3.63, 3.8) is 0 Å². The van der Waals surface area contributed by atoms with E-state index in [1.54, 1.807) is 17.5 Å². The molecule has 3 heterocycles. The van der Waals surface area contributed by atoms with Gasteiger partial charge < -0.3 is 15.5 Å². The topological polar surface area (TPSA) is 52.6 Å². The molecule has 0 aromatic carbocycles. The Kier molecular flexibility index (Phi) is 8.92. The zero-order chi connectivity index (χ0) is 17.6. The van der Waals surface area contributed by atoms with Gasteiger partial charge in [0.1, 0.15) is 5.82 Å². The Morgan fingerprint density at radius 3 is 3.08 bits per heavy atom. The summed E-state index contributed by atoms with van der Waals surface area (Å²) >= 11 is 11.5. The second kappa shape index (κ2) is 10.7. The molecule has 1 aliphatic heterocycles. The van der Waals surface area contributed by atoms with E-state index in [4.69, 9.17) is 16.6 Å². The molecule has 142 valence electrons. The lowest BCUT2D eigenvalue weighted by Gasteiger charge is -2.20. The van der Waals surface area contributed by atoms with Gasteiger partial charge in [0.15, 0.2) is 5.96 Å². The third-order valence-electron chi connectivity index (χ3n) is 3.93. The minimum absolute atomic E-state index is 0. The largest absolute Gasteiger partial charge is 0.357 e. The Morgan fingerprint density at radius 2 is 2.38 bits per heavy atom. The monoisotopic (exact) mass is 569 g/mol. The van der Waals surface area contributed by atoms with Crippen LogP contribution in [0.1, 0.15) is 18.2 Å². The van der Waals surface area contributed by atoms with E-state index in [2.05, 4.69) is 54.8 Å². The lowest BCUT2D eigenvalue weighted by atomic mass is 10.3. The van der Waals surface area contributed by atoms with Crippen LogP contribution in [-0.2, 0) is 6.54 Å². The summed E-state index contributed by atoms with van der Waals surface area (Å²) in [5.41, 5.74) is 0. The van der Waals surface area contributed by atoms with Crippen molar-refractivity contribution in [3.05, 3.63) is 44.1 Å². The second-order valence-corrected chi connectivity index (χ2v) is 8.13. The summed E-state index contributed by atoms with van der Waals surface area (Å²) in [5.74, 6) is 1.71. The molecule has 0 spiro atoms. The minimum atomic E-state index is 0. The van der Waals surface area contributed by atoms with Gasteiger partial charge in [-0.3, -0.25) is 0 Å². The van der Waals surface area contributed by atoms with Crippen LogP contribution in [0.3, 0.4) is 0 Å². The number of nitrogens with zero attached hydrogens (tertiary/aromatic N) is 3. The van der Waals surface area contributed by atoms with Crippen molar-refractivity contribution in [2.24, 2.45) is 4.99 Å². The molecule has 26 heavy (non-hydrogen) atoms. The van der Waals surface area contributed by atoms with Crippen LogP contribution in [-0.4, -0.2) is 36.6 Å². The third-order valence-corrected chi connectivity index (χ3v) is 5.90. The Labute approximate surface area is 188 Å². The molecule has 3 rings (SSSR count). The fourth-order valence-corrected chi connectivity index (χ4v) is 4.40. The maximum atomic E-state index is 6.26. The second-order valence-electron chi connectivity index (χ2n) is 5.81. The Balaban J connectivity index is 0.00000243. The first-order valence-corrected chi connectivity index (χ1v) is 10.3. The molecule has 5 nitrogen and oxygen atoms in total. The number of rotatable bonds is 5. The van der Waals surface area contributed by atoms with E-state index < -0.39 is 0 Å². The van der Waals surface area contributed by atoms with Crippen molar-refractivity contribution in [3.8, 4) is 0 Å². The zero-order valence-electron chi connectivity index (χ0n) is 14.4. The molecule has 0 aliphatic carbocycles. The lowest BCUT2D eigenvalue weighted by molar-refractivity contribution is 0.649. The minimum Gasteiger partial charge on any atom is -0.357 e. The quantitative estimate of drug-likeness (QED) is 0.316. The van der Waals surface area contributed by atoms with E-state index in [0.717, 1.165) is 42.3 Å². The summed E-state index contributed by atoms with van der Waals surface area (Å²) in [7, 11) is 0. The SMILES string of the molecule is CCNC(=NCc1cc(Br)cs1)NC1CCN(c2ncccc2Cl)C1.I. The molecular weight excluding hydrogens is 549 g/mol. The number of halogens is 3. The maximum absolute atomic E-state index is 6.26. The number of nitrogens with one attached hydrogen (secondary N) is 2. The summed E-state index contributed by atoms with van der Waals surface area (Å²) in [4.78, 5) is 12.6. The molecule has 0 saturated carbocycles. The Hall–Kier alpha value is -0.580. The highest BCUT2D eigenvalue weighted by atomic mass is 127. The highest BCUT2D eigenvalue weighted by Crippen LogP contribution is 2.25. The number of pyridine rings is 1. The standard InChI is InChI=1S/C17H21BrClN5S.HI/c1-2-20-17(22-9-14-8-12(18)11-25-14)23-13-5-7-24(10-13)16-15(19)4-3-6-21-16;/h3-4,6,8,11,13H,2,5,7,9-10H2,1H3,(H2,20,22,23);1H. The van der Waals surface area contributed by atoms with Gasteiger partial charge in [-0.05, 0) is 47.5 Å². The van der Waals surface area contributed by atoms with Gasteiger partial charge in [-0.1, -0.05) is 11.6 Å². The van der Waals surface area contributed by atoms with Crippen LogP contribution in [0.5, 0.6) is 0 Å². The van der Waals surface area contributed by atoms with Gasteiger partial charge in [0, 0.05) is 46.6 Å². The van der Waals surface area contributed by atoms with E-state index in [-0.39, 0.29) is 24.0 Å². The van der Waals surface area contributed by atoms with Crippen molar-refractivity contribution >= 4 is 74.6 Å². The number of aromatic nitrogens is 1. The van der Waals surface area contributed by atoms with Gasteiger partial charge in [-0.25, -0.2) is 9.98 Å². The summed E-state index contributed by atoms with van der Waals surface area (Å²) in [6, 6.07) is 6.18. The molecule has 2 N–H and O–H groups in total. The molecule has 1 atom stereocenters. The van der Waals surface area contributed by atoms with E-state index in [1.165, 1.54) is 4.88 Å². The van der Waals surface area contributed by atoms with Crippen LogP contribution in [0, 0.1) is 0 Å². The van der Waals surface area contributed by atoms with Crippen molar-refractivity contribution in [1.29, 1.82) is 0 Å². The summed E-state index contributed by atoms with van der Waals surface area (Å²) < 4.78 is 1.11. The van der Waals surface area contributed by atoms with Gasteiger partial charge in [0.25, 0.3) is 0 Å². The molecule has 1 aliphatic rings. The number of aliphatic imine (C=N–C) groups is 1.